The number of carbonyl (C=O) groups excluding carboxylic acids is 2. The molecule has 1 aromatic carbocycles. The van der Waals surface area contributed by atoms with E-state index >= 15 is 0 Å². The number of rotatable bonds is 2. The number of Topliss-reactive ketones (excluding diaryl/α,β-unsaturated/α-hetero) is 1. The van der Waals surface area contributed by atoms with Gasteiger partial charge < -0.3 is 4.74 Å². The van der Waals surface area contributed by atoms with Gasteiger partial charge in [0.2, 0.25) is 0 Å². The van der Waals surface area contributed by atoms with Gasteiger partial charge in [0.05, 0.1) is 0 Å². The molecule has 2 rings (SSSR count). The molecule has 0 aromatic heterocycles. The number of hydrogen-bond donors (Lipinski definition) is 0. The van der Waals surface area contributed by atoms with E-state index in [2.05, 4.69) is 0 Å². The molecule has 1 atom stereocenters. The van der Waals surface area contributed by atoms with E-state index in [1.54, 1.807) is 18.2 Å². The van der Waals surface area contributed by atoms with Crippen molar-refractivity contribution < 1.29 is 14.3 Å². The normalized spacial score (nSPS) is 19.2. The molecule has 72 valence electrons. The third-order valence-electron chi connectivity index (χ3n) is 2.53. The molecule has 0 saturated heterocycles. The third kappa shape index (κ3) is 1.21. The fourth-order valence-electron chi connectivity index (χ4n) is 1.83. The van der Waals surface area contributed by atoms with Crippen molar-refractivity contribution in [2.45, 2.75) is 13.3 Å². The zero-order valence-electron chi connectivity index (χ0n) is 7.82. The number of hydrogen-bond acceptors (Lipinski definition) is 3. The van der Waals surface area contributed by atoms with Crippen molar-refractivity contribution >= 4 is 12.3 Å². The molecule has 0 radical (unpaired) electrons. The fourth-order valence-corrected chi connectivity index (χ4v) is 1.83. The molecular formula is C11H10O3. The Hall–Kier alpha value is -1.64. The summed E-state index contributed by atoms with van der Waals surface area (Å²) in [7, 11) is 0. The Morgan fingerprint density at radius 1 is 1.50 bits per heavy atom. The maximum Gasteiger partial charge on any atom is 0.298 e. The Bertz CT molecular complexity index is 396. The summed E-state index contributed by atoms with van der Waals surface area (Å²) >= 11 is 0. The highest BCUT2D eigenvalue weighted by Gasteiger charge is 2.29. The van der Waals surface area contributed by atoms with Crippen LogP contribution >= 0.6 is 0 Å². The predicted octanol–water partition coefficient (Wildman–Crippen LogP) is 1.60. The summed E-state index contributed by atoms with van der Waals surface area (Å²) in [6.07, 6.45) is 0.665. The van der Waals surface area contributed by atoms with Gasteiger partial charge in [-0.3, -0.25) is 9.59 Å². The van der Waals surface area contributed by atoms with Gasteiger partial charge in [-0.1, -0.05) is 19.1 Å². The van der Waals surface area contributed by atoms with E-state index < -0.39 is 0 Å². The second-order valence-electron chi connectivity index (χ2n) is 3.47. The van der Waals surface area contributed by atoms with E-state index in [0.717, 1.165) is 5.56 Å². The van der Waals surface area contributed by atoms with E-state index in [4.69, 9.17) is 4.74 Å². The lowest BCUT2D eigenvalue weighted by molar-refractivity contribution is -0.120. The molecule has 0 aliphatic heterocycles. The molecule has 3 nitrogen and oxygen atoms in total. The van der Waals surface area contributed by atoms with Gasteiger partial charge in [0.1, 0.15) is 5.75 Å². The first-order valence-electron chi connectivity index (χ1n) is 4.50. The molecule has 1 unspecified atom stereocenters. The lowest BCUT2D eigenvalue weighted by Crippen LogP contribution is -2.02. The first kappa shape index (κ1) is 8.94. The van der Waals surface area contributed by atoms with Gasteiger partial charge in [-0.25, -0.2) is 0 Å². The van der Waals surface area contributed by atoms with Crippen LogP contribution < -0.4 is 4.74 Å². The van der Waals surface area contributed by atoms with Gasteiger partial charge in [0.25, 0.3) is 6.47 Å². The van der Waals surface area contributed by atoms with Gasteiger partial charge in [0.15, 0.2) is 5.78 Å². The molecule has 14 heavy (non-hydrogen) atoms. The summed E-state index contributed by atoms with van der Waals surface area (Å²) in [5, 5.41) is 0. The number of benzene rings is 1. The van der Waals surface area contributed by atoms with Crippen LogP contribution in [0.25, 0.3) is 0 Å². The van der Waals surface area contributed by atoms with Gasteiger partial charge >= 0.3 is 0 Å². The smallest absolute Gasteiger partial charge is 0.298 e. The Balaban J connectivity index is 2.49. The van der Waals surface area contributed by atoms with Crippen molar-refractivity contribution in [3.63, 3.8) is 0 Å². The largest absolute Gasteiger partial charge is 0.428 e. The van der Waals surface area contributed by atoms with Gasteiger partial charge in [-0.15, -0.1) is 0 Å². The van der Waals surface area contributed by atoms with E-state index in [1.165, 1.54) is 0 Å². The minimum Gasteiger partial charge on any atom is -0.428 e. The summed E-state index contributed by atoms with van der Waals surface area (Å²) in [6.45, 7) is 2.27. The monoisotopic (exact) mass is 190 g/mol. The summed E-state index contributed by atoms with van der Waals surface area (Å²) in [6, 6.07) is 5.21. The fraction of sp³-hybridized carbons (Fsp3) is 0.273. The Kier molecular flexibility index (Phi) is 2.08. The molecule has 1 aromatic rings. The highest BCUT2D eigenvalue weighted by molar-refractivity contribution is 6.02. The minimum absolute atomic E-state index is 0.00130. The average molecular weight is 190 g/mol. The lowest BCUT2D eigenvalue weighted by Gasteiger charge is -2.03. The molecule has 0 amide bonds. The van der Waals surface area contributed by atoms with Crippen LogP contribution in [0.15, 0.2) is 18.2 Å². The maximum absolute atomic E-state index is 11.6. The van der Waals surface area contributed by atoms with Crippen molar-refractivity contribution in [2.24, 2.45) is 5.92 Å². The number of fused-ring (bicyclic) bond motifs is 1. The summed E-state index contributed by atoms with van der Waals surface area (Å²) in [5.74, 6) is 0.646. The summed E-state index contributed by atoms with van der Waals surface area (Å²) in [5.41, 5.74) is 1.55. The first-order valence-corrected chi connectivity index (χ1v) is 4.50. The molecule has 0 fully saturated rings. The predicted molar refractivity (Wildman–Crippen MR) is 50.3 cm³/mol. The zero-order chi connectivity index (χ0) is 10.1. The minimum atomic E-state index is 0.00130. The van der Waals surface area contributed by atoms with Crippen LogP contribution in [0.4, 0.5) is 0 Å². The van der Waals surface area contributed by atoms with Crippen molar-refractivity contribution in [1.82, 2.24) is 0 Å². The molecule has 0 heterocycles. The van der Waals surface area contributed by atoms with Crippen molar-refractivity contribution in [1.29, 1.82) is 0 Å². The van der Waals surface area contributed by atoms with Gasteiger partial charge in [-0.05, 0) is 12.5 Å². The van der Waals surface area contributed by atoms with E-state index in [-0.39, 0.29) is 11.7 Å². The molecule has 1 aliphatic carbocycles. The van der Waals surface area contributed by atoms with Crippen molar-refractivity contribution in [3.05, 3.63) is 29.3 Å². The van der Waals surface area contributed by atoms with Crippen LogP contribution in [-0.2, 0) is 11.2 Å². The maximum atomic E-state index is 11.6. The Labute approximate surface area is 81.7 Å². The number of ether oxygens (including phenoxy) is 1. The topological polar surface area (TPSA) is 43.4 Å². The SMILES string of the molecule is CC1Cc2c(OC=O)cccc2C1=O. The number of carbonyl (C=O) groups is 2. The molecule has 0 bridgehead atoms. The lowest BCUT2D eigenvalue weighted by atomic mass is 10.1. The van der Waals surface area contributed by atoms with Gasteiger partial charge in [0, 0.05) is 17.0 Å². The van der Waals surface area contributed by atoms with Crippen LogP contribution in [0.1, 0.15) is 22.8 Å². The van der Waals surface area contributed by atoms with E-state index in [1.807, 2.05) is 6.92 Å². The van der Waals surface area contributed by atoms with Gasteiger partial charge in [-0.2, -0.15) is 0 Å². The quantitative estimate of drug-likeness (QED) is 0.665. The van der Waals surface area contributed by atoms with Crippen LogP contribution in [0.5, 0.6) is 5.75 Å². The van der Waals surface area contributed by atoms with Crippen LogP contribution in [-0.4, -0.2) is 12.3 Å². The molecule has 1 aliphatic rings. The summed E-state index contributed by atoms with van der Waals surface area (Å²) in [4.78, 5) is 21.8. The molecule has 0 spiro atoms. The molecule has 0 N–H and O–H groups in total. The van der Waals surface area contributed by atoms with Crippen LogP contribution in [0.3, 0.4) is 0 Å². The highest BCUT2D eigenvalue weighted by atomic mass is 16.5. The van der Waals surface area contributed by atoms with Crippen molar-refractivity contribution in [3.8, 4) is 5.75 Å². The van der Waals surface area contributed by atoms with E-state index in [9.17, 15) is 9.59 Å². The zero-order valence-corrected chi connectivity index (χ0v) is 7.82. The second kappa shape index (κ2) is 3.25. The second-order valence-corrected chi connectivity index (χ2v) is 3.47. The van der Waals surface area contributed by atoms with Crippen molar-refractivity contribution in [2.75, 3.05) is 0 Å². The molecular weight excluding hydrogens is 180 g/mol. The van der Waals surface area contributed by atoms with Crippen LogP contribution in [0.2, 0.25) is 0 Å². The third-order valence-corrected chi connectivity index (χ3v) is 2.53. The van der Waals surface area contributed by atoms with Crippen LogP contribution in [0, 0.1) is 5.92 Å². The van der Waals surface area contributed by atoms with E-state index in [0.29, 0.717) is 24.2 Å². The standard InChI is InChI=1S/C11H10O3/c1-7-5-9-8(11(7)13)3-2-4-10(9)14-6-12/h2-4,6-7H,5H2,1H3. The highest BCUT2D eigenvalue weighted by Crippen LogP contribution is 2.33. The number of ketones is 1. The molecule has 3 heteroatoms. The first-order chi connectivity index (χ1) is 6.74. The summed E-state index contributed by atoms with van der Waals surface area (Å²) < 4.78 is 4.81. The average Bonchev–Trinajstić information content (AvgIpc) is 2.46. The Morgan fingerprint density at radius 3 is 3.00 bits per heavy atom. The molecule has 0 saturated carbocycles. The Morgan fingerprint density at radius 2 is 2.29 bits per heavy atom.